The molecule has 0 radical (unpaired) electrons. The van der Waals surface area contributed by atoms with Crippen LogP contribution in [0, 0.1) is 6.92 Å². The number of hydrogen-bond donors (Lipinski definition) is 1. The topological polar surface area (TPSA) is 60.9 Å². The van der Waals surface area contributed by atoms with Crippen molar-refractivity contribution in [2.24, 2.45) is 5.73 Å². The lowest BCUT2D eigenvalue weighted by Gasteiger charge is -2.04. The Morgan fingerprint density at radius 2 is 2.11 bits per heavy atom. The van der Waals surface area contributed by atoms with E-state index in [0.29, 0.717) is 11.4 Å². The van der Waals surface area contributed by atoms with E-state index in [0.717, 1.165) is 23.0 Å². The number of hydrogen-bond acceptors (Lipinski definition) is 3. The summed E-state index contributed by atoms with van der Waals surface area (Å²) in [4.78, 5) is 16.2. The van der Waals surface area contributed by atoms with Gasteiger partial charge in [-0.15, -0.1) is 0 Å². The molecule has 3 rings (SSSR count). The fraction of sp³-hybridized carbons (Fsp3) is 0.231. The Labute approximate surface area is 109 Å². The molecule has 1 aromatic heterocycles. The number of nitrogens with zero attached hydrogens (tertiary/aromatic N) is 2. The summed E-state index contributed by atoms with van der Waals surface area (Å²) in [7, 11) is 0. The maximum Gasteiger partial charge on any atom is 0.267 e. The number of amides is 1. The van der Waals surface area contributed by atoms with Gasteiger partial charge in [0, 0.05) is 17.9 Å². The molecule has 1 aromatic carbocycles. The molecule has 1 aliphatic heterocycles. The van der Waals surface area contributed by atoms with Crippen molar-refractivity contribution in [3.05, 3.63) is 35.5 Å². The summed E-state index contributed by atoms with van der Waals surface area (Å²) >= 11 is 1.66. The molecule has 0 unspecified atom stereocenters. The lowest BCUT2D eigenvalue weighted by atomic mass is 10.1. The highest BCUT2D eigenvalue weighted by atomic mass is 32.2. The third-order valence-electron chi connectivity index (χ3n) is 3.04. The van der Waals surface area contributed by atoms with Crippen LogP contribution < -0.4 is 5.73 Å². The van der Waals surface area contributed by atoms with Gasteiger partial charge in [0.2, 0.25) is 0 Å². The first kappa shape index (κ1) is 11.3. The molecule has 2 heterocycles. The van der Waals surface area contributed by atoms with Crippen molar-refractivity contribution >= 4 is 17.7 Å². The first-order chi connectivity index (χ1) is 8.66. The van der Waals surface area contributed by atoms with E-state index in [1.54, 1.807) is 11.8 Å². The van der Waals surface area contributed by atoms with E-state index in [1.165, 1.54) is 5.56 Å². The molecule has 0 fully saturated rings. The molecule has 18 heavy (non-hydrogen) atoms. The predicted octanol–water partition coefficient (Wildman–Crippen LogP) is 2.06. The van der Waals surface area contributed by atoms with Crippen LogP contribution in [0.2, 0.25) is 0 Å². The number of benzene rings is 1. The molecule has 1 amide bonds. The van der Waals surface area contributed by atoms with E-state index in [9.17, 15) is 4.79 Å². The fourth-order valence-electron chi connectivity index (χ4n) is 2.14. The van der Waals surface area contributed by atoms with Crippen molar-refractivity contribution in [3.63, 3.8) is 0 Å². The molecule has 0 bridgehead atoms. The summed E-state index contributed by atoms with van der Waals surface area (Å²) < 4.78 is 1.92. The number of carbonyl (C=O) groups excluding carboxylic acids is 1. The van der Waals surface area contributed by atoms with Gasteiger partial charge in [0.05, 0.1) is 0 Å². The molecule has 5 heteroatoms. The molecule has 0 aliphatic carbocycles. The van der Waals surface area contributed by atoms with Gasteiger partial charge in [0.25, 0.3) is 5.91 Å². The zero-order valence-corrected chi connectivity index (χ0v) is 10.8. The van der Waals surface area contributed by atoms with Gasteiger partial charge < -0.3 is 10.3 Å². The first-order valence-corrected chi connectivity index (χ1v) is 6.75. The zero-order chi connectivity index (χ0) is 12.7. The van der Waals surface area contributed by atoms with Crippen molar-refractivity contribution < 1.29 is 4.79 Å². The fourth-order valence-corrected chi connectivity index (χ4v) is 3.09. The van der Waals surface area contributed by atoms with E-state index in [4.69, 9.17) is 5.73 Å². The third-order valence-corrected chi connectivity index (χ3v) is 3.99. The summed E-state index contributed by atoms with van der Waals surface area (Å²) in [6.45, 7) is 2.83. The minimum atomic E-state index is -0.410. The Kier molecular flexibility index (Phi) is 2.63. The number of aromatic nitrogens is 2. The predicted molar refractivity (Wildman–Crippen MR) is 71.6 cm³/mol. The lowest BCUT2D eigenvalue weighted by Crippen LogP contribution is -2.17. The maximum absolute atomic E-state index is 11.6. The Morgan fingerprint density at radius 1 is 1.39 bits per heavy atom. The molecule has 0 saturated carbocycles. The smallest absolute Gasteiger partial charge is 0.267 e. The molecule has 2 aromatic rings. The van der Waals surface area contributed by atoms with Crippen molar-refractivity contribution in [2.75, 3.05) is 5.75 Å². The second kappa shape index (κ2) is 4.17. The van der Waals surface area contributed by atoms with Crippen LogP contribution >= 0.6 is 11.8 Å². The highest BCUT2D eigenvalue weighted by Gasteiger charge is 2.25. The number of fused-ring (bicyclic) bond motifs is 1. The Balaban J connectivity index is 2.17. The normalized spacial score (nSPS) is 13.6. The molecule has 0 spiro atoms. The van der Waals surface area contributed by atoms with Gasteiger partial charge in [-0.25, -0.2) is 4.98 Å². The first-order valence-electron chi connectivity index (χ1n) is 5.77. The van der Waals surface area contributed by atoms with Crippen molar-refractivity contribution in [3.8, 4) is 11.3 Å². The Bertz CT molecular complexity index is 616. The summed E-state index contributed by atoms with van der Waals surface area (Å²) in [5.41, 5.74) is 8.84. The lowest BCUT2D eigenvalue weighted by molar-refractivity contribution is 0.0992. The zero-order valence-electron chi connectivity index (χ0n) is 10.0. The van der Waals surface area contributed by atoms with Gasteiger partial charge in [-0.1, -0.05) is 41.6 Å². The molecule has 92 valence electrons. The van der Waals surface area contributed by atoms with Gasteiger partial charge in [-0.2, -0.15) is 0 Å². The summed E-state index contributed by atoms with van der Waals surface area (Å²) in [5, 5.41) is 0.888. The largest absolute Gasteiger partial charge is 0.364 e. The SMILES string of the molecule is Cc1ccc(-c2nc3n(c2C(N)=O)CCS3)cc1. The van der Waals surface area contributed by atoms with Crippen molar-refractivity contribution in [1.82, 2.24) is 9.55 Å². The van der Waals surface area contributed by atoms with E-state index in [1.807, 2.05) is 35.8 Å². The number of nitrogens with two attached hydrogens (primary N) is 1. The second-order valence-corrected chi connectivity index (χ2v) is 5.38. The quantitative estimate of drug-likeness (QED) is 0.898. The third kappa shape index (κ3) is 1.71. The van der Waals surface area contributed by atoms with Crippen LogP contribution in [0.3, 0.4) is 0 Å². The van der Waals surface area contributed by atoms with Crippen LogP contribution in [0.15, 0.2) is 29.4 Å². The minimum absolute atomic E-state index is 0.410. The van der Waals surface area contributed by atoms with E-state index >= 15 is 0 Å². The van der Waals surface area contributed by atoms with E-state index in [2.05, 4.69) is 4.98 Å². The monoisotopic (exact) mass is 259 g/mol. The number of thioether (sulfide) groups is 1. The van der Waals surface area contributed by atoms with Gasteiger partial charge in [-0.05, 0) is 6.92 Å². The van der Waals surface area contributed by atoms with Crippen LogP contribution in [0.25, 0.3) is 11.3 Å². The summed E-state index contributed by atoms with van der Waals surface area (Å²) in [6.07, 6.45) is 0. The number of rotatable bonds is 2. The average Bonchev–Trinajstić information content (AvgIpc) is 2.88. The minimum Gasteiger partial charge on any atom is -0.364 e. The number of primary amides is 1. The van der Waals surface area contributed by atoms with Crippen LogP contribution in [0.1, 0.15) is 16.1 Å². The van der Waals surface area contributed by atoms with Crippen LogP contribution in [-0.2, 0) is 6.54 Å². The molecule has 0 saturated heterocycles. The highest BCUT2D eigenvalue weighted by molar-refractivity contribution is 7.99. The Morgan fingerprint density at radius 3 is 2.78 bits per heavy atom. The maximum atomic E-state index is 11.6. The second-order valence-electron chi connectivity index (χ2n) is 4.32. The van der Waals surface area contributed by atoms with Gasteiger partial charge in [0.15, 0.2) is 5.16 Å². The van der Waals surface area contributed by atoms with E-state index < -0.39 is 5.91 Å². The molecular formula is C13H13N3OS. The highest BCUT2D eigenvalue weighted by Crippen LogP contribution is 2.32. The average molecular weight is 259 g/mol. The summed E-state index contributed by atoms with van der Waals surface area (Å²) in [5.74, 6) is 0.545. The van der Waals surface area contributed by atoms with Gasteiger partial charge in [-0.3, -0.25) is 4.79 Å². The van der Waals surface area contributed by atoms with Crippen LogP contribution in [-0.4, -0.2) is 21.2 Å². The standard InChI is InChI=1S/C13H13N3OS/c1-8-2-4-9(5-3-8)10-11(12(14)17)16-6-7-18-13(16)15-10/h2-5H,6-7H2,1H3,(H2,14,17). The van der Waals surface area contributed by atoms with Crippen LogP contribution in [0.4, 0.5) is 0 Å². The van der Waals surface area contributed by atoms with Gasteiger partial charge >= 0.3 is 0 Å². The number of imidazole rings is 1. The molecule has 4 nitrogen and oxygen atoms in total. The van der Waals surface area contributed by atoms with Crippen molar-refractivity contribution in [2.45, 2.75) is 18.6 Å². The molecule has 0 atom stereocenters. The van der Waals surface area contributed by atoms with Crippen molar-refractivity contribution in [1.29, 1.82) is 0 Å². The molecule has 1 aliphatic rings. The Hall–Kier alpha value is -1.75. The number of aryl methyl sites for hydroxylation is 1. The summed E-state index contributed by atoms with van der Waals surface area (Å²) in [6, 6.07) is 7.98. The van der Waals surface area contributed by atoms with Crippen LogP contribution in [0.5, 0.6) is 0 Å². The molecular weight excluding hydrogens is 246 g/mol. The number of carbonyl (C=O) groups is 1. The van der Waals surface area contributed by atoms with Gasteiger partial charge in [0.1, 0.15) is 11.4 Å². The van der Waals surface area contributed by atoms with E-state index in [-0.39, 0.29) is 0 Å². The molecule has 2 N–H and O–H groups in total.